The van der Waals surface area contributed by atoms with Gasteiger partial charge in [0.05, 0.1) is 23.1 Å². The van der Waals surface area contributed by atoms with Crippen molar-refractivity contribution in [2.24, 2.45) is 0 Å². The number of hydrogen-bond acceptors (Lipinski definition) is 8. The Morgan fingerprint density at radius 3 is 2.91 bits per heavy atom. The van der Waals surface area contributed by atoms with Gasteiger partial charge in [-0.1, -0.05) is 29.7 Å². The summed E-state index contributed by atoms with van der Waals surface area (Å²) in [4.78, 5) is 33.4. The number of likely N-dealkylation sites (tertiary alicyclic amines) is 1. The van der Waals surface area contributed by atoms with Gasteiger partial charge in [0.2, 0.25) is 5.91 Å². The van der Waals surface area contributed by atoms with Gasteiger partial charge in [0.25, 0.3) is 5.91 Å². The number of aryl methyl sites for hydroxylation is 1. The number of methoxy groups -OCH3 is 1. The molecule has 172 valence electrons. The summed E-state index contributed by atoms with van der Waals surface area (Å²) in [5.74, 6) is 0.221. The molecule has 1 unspecified atom stereocenters. The van der Waals surface area contributed by atoms with Crippen LogP contribution in [-0.4, -0.2) is 71.2 Å². The lowest BCUT2D eigenvalue weighted by Crippen LogP contribution is -2.40. The molecule has 2 heterocycles. The molecule has 2 aromatic rings. The molecule has 2 atom stereocenters. The molecule has 2 amide bonds. The first-order valence-corrected chi connectivity index (χ1v) is 11.8. The van der Waals surface area contributed by atoms with E-state index in [0.29, 0.717) is 29.5 Å². The van der Waals surface area contributed by atoms with Gasteiger partial charge in [-0.25, -0.2) is 4.98 Å². The lowest BCUT2D eigenvalue weighted by molar-refractivity contribution is -0.114. The van der Waals surface area contributed by atoms with Crippen LogP contribution < -0.4 is 10.1 Å². The molecule has 1 aliphatic heterocycles. The molecule has 0 aliphatic carbocycles. The number of nitrogens with one attached hydrogen (secondary N) is 1. The highest BCUT2D eigenvalue weighted by molar-refractivity contribution is 8.01. The predicted octanol–water partition coefficient (Wildman–Crippen LogP) is 3.22. The van der Waals surface area contributed by atoms with Gasteiger partial charge >= 0.3 is 0 Å². The molecular weight excluding hydrogens is 448 g/mol. The van der Waals surface area contributed by atoms with E-state index in [1.807, 2.05) is 24.0 Å². The fourth-order valence-corrected chi connectivity index (χ4v) is 5.55. The number of aliphatic hydroxyl groups excluding tert-OH is 1. The summed E-state index contributed by atoms with van der Waals surface area (Å²) < 4.78 is 6.41. The highest BCUT2D eigenvalue weighted by Gasteiger charge is 2.32. The number of thiazole rings is 1. The maximum absolute atomic E-state index is 13.4. The van der Waals surface area contributed by atoms with Gasteiger partial charge in [0.1, 0.15) is 12.0 Å². The summed E-state index contributed by atoms with van der Waals surface area (Å²) in [5, 5.41) is 13.2. The van der Waals surface area contributed by atoms with Crippen LogP contribution in [0.25, 0.3) is 0 Å². The van der Waals surface area contributed by atoms with Crippen LogP contribution in [0.1, 0.15) is 29.3 Å². The van der Waals surface area contributed by atoms with E-state index in [-0.39, 0.29) is 17.9 Å². The Bertz CT molecular complexity index is 1010. The molecule has 1 aromatic carbocycles. The first-order valence-electron chi connectivity index (χ1n) is 10.1. The van der Waals surface area contributed by atoms with Gasteiger partial charge in [0.15, 0.2) is 5.13 Å². The van der Waals surface area contributed by atoms with Crippen LogP contribution in [-0.2, 0) is 4.79 Å². The zero-order valence-electron chi connectivity index (χ0n) is 18.6. The number of amides is 2. The normalized spacial score (nSPS) is 17.1. The van der Waals surface area contributed by atoms with Crippen LogP contribution in [0.4, 0.5) is 5.13 Å². The van der Waals surface area contributed by atoms with Crippen molar-refractivity contribution in [1.82, 2.24) is 14.8 Å². The van der Waals surface area contributed by atoms with Crippen molar-refractivity contribution in [1.29, 1.82) is 0 Å². The van der Waals surface area contributed by atoms with Crippen molar-refractivity contribution >= 4 is 40.0 Å². The van der Waals surface area contributed by atoms with Crippen molar-refractivity contribution in [3.05, 3.63) is 42.1 Å². The molecule has 1 fully saturated rings. The Balaban J connectivity index is 1.81. The summed E-state index contributed by atoms with van der Waals surface area (Å²) >= 11 is 2.87. The minimum atomic E-state index is -0.706. The van der Waals surface area contributed by atoms with E-state index in [2.05, 4.69) is 16.9 Å². The topological polar surface area (TPSA) is 95.0 Å². The second kappa shape index (κ2) is 10.5. The summed E-state index contributed by atoms with van der Waals surface area (Å²) in [6.45, 7) is 8.32. The average molecular weight is 477 g/mol. The highest BCUT2D eigenvalue weighted by Crippen LogP contribution is 2.38. The quantitative estimate of drug-likeness (QED) is 0.565. The number of nitrogens with zero attached hydrogens (tertiary/aromatic N) is 3. The maximum atomic E-state index is 13.4. The molecule has 0 bridgehead atoms. The van der Waals surface area contributed by atoms with Gasteiger partial charge in [-0.15, -0.1) is 0 Å². The first-order chi connectivity index (χ1) is 15.2. The number of carbonyl (C=O) groups is 2. The van der Waals surface area contributed by atoms with Crippen LogP contribution in [0, 0.1) is 6.92 Å². The first kappa shape index (κ1) is 24.2. The summed E-state index contributed by atoms with van der Waals surface area (Å²) in [7, 11) is 3.34. The number of ether oxygens (including phenoxy) is 1. The van der Waals surface area contributed by atoms with Crippen LogP contribution in [0.2, 0.25) is 0 Å². The van der Waals surface area contributed by atoms with Crippen molar-refractivity contribution < 1.29 is 19.4 Å². The highest BCUT2D eigenvalue weighted by atomic mass is 32.2. The third-order valence-electron chi connectivity index (χ3n) is 5.35. The number of benzene rings is 1. The van der Waals surface area contributed by atoms with Crippen LogP contribution in [0.15, 0.2) is 40.1 Å². The Kier molecular flexibility index (Phi) is 7.94. The SMILES string of the molecule is C=CC(O)N1CC[C@H](N(C)C(=O)c2cc(Sc3cnc(NC(C)=O)s3)c(C)cc2OC)C1. The van der Waals surface area contributed by atoms with Gasteiger partial charge in [0, 0.05) is 38.0 Å². The predicted molar refractivity (Wildman–Crippen MR) is 127 cm³/mol. The number of rotatable bonds is 8. The second-order valence-corrected chi connectivity index (χ2v) is 9.96. The van der Waals surface area contributed by atoms with Gasteiger partial charge in [-0.2, -0.15) is 0 Å². The Labute approximate surface area is 196 Å². The van der Waals surface area contributed by atoms with Crippen molar-refractivity contribution in [3.63, 3.8) is 0 Å². The van der Waals surface area contributed by atoms with Crippen LogP contribution in [0.3, 0.4) is 0 Å². The smallest absolute Gasteiger partial charge is 0.257 e. The standard InChI is InChI=1S/C22H28N4O4S2/c1-6-19(28)26-8-7-15(12-26)25(4)21(29)16-10-18(13(2)9-17(16)30-5)31-20-11-23-22(32-20)24-14(3)27/h6,9-11,15,19,28H,1,7-8,12H2,2-5H3,(H,23,24,27)/t15-,19?/m0/s1. The van der Waals surface area contributed by atoms with Crippen molar-refractivity contribution in [2.75, 3.05) is 32.6 Å². The third-order valence-corrected chi connectivity index (χ3v) is 7.53. The second-order valence-electron chi connectivity index (χ2n) is 7.59. The molecule has 3 rings (SSSR count). The molecular formula is C22H28N4O4S2. The van der Waals surface area contributed by atoms with E-state index in [9.17, 15) is 14.7 Å². The largest absolute Gasteiger partial charge is 0.496 e. The summed E-state index contributed by atoms with van der Waals surface area (Å²) in [6.07, 6.45) is 3.27. The zero-order chi connectivity index (χ0) is 23.4. The van der Waals surface area contributed by atoms with E-state index in [4.69, 9.17) is 4.74 Å². The monoisotopic (exact) mass is 476 g/mol. The maximum Gasteiger partial charge on any atom is 0.257 e. The molecule has 10 heteroatoms. The number of aliphatic hydroxyl groups is 1. The number of anilines is 1. The molecule has 32 heavy (non-hydrogen) atoms. The molecule has 1 saturated heterocycles. The minimum absolute atomic E-state index is 0.0130. The molecule has 1 aliphatic rings. The zero-order valence-corrected chi connectivity index (χ0v) is 20.3. The molecule has 8 nitrogen and oxygen atoms in total. The van der Waals surface area contributed by atoms with Crippen LogP contribution >= 0.6 is 23.1 Å². The molecule has 0 radical (unpaired) electrons. The number of carbonyl (C=O) groups excluding carboxylic acids is 2. The molecule has 1 aromatic heterocycles. The lowest BCUT2D eigenvalue weighted by Gasteiger charge is -2.27. The van der Waals surface area contributed by atoms with E-state index >= 15 is 0 Å². The number of aromatic nitrogens is 1. The Morgan fingerprint density at radius 2 is 2.25 bits per heavy atom. The fourth-order valence-electron chi connectivity index (χ4n) is 3.56. The number of likely N-dealkylation sites (N-methyl/N-ethyl adjacent to an activating group) is 1. The molecule has 2 N–H and O–H groups in total. The lowest BCUT2D eigenvalue weighted by atomic mass is 10.1. The van der Waals surface area contributed by atoms with Gasteiger partial charge < -0.3 is 20.1 Å². The van der Waals surface area contributed by atoms with E-state index < -0.39 is 6.23 Å². The summed E-state index contributed by atoms with van der Waals surface area (Å²) in [5.41, 5.74) is 1.46. The van der Waals surface area contributed by atoms with Crippen molar-refractivity contribution in [2.45, 2.75) is 41.6 Å². The van der Waals surface area contributed by atoms with Crippen LogP contribution in [0.5, 0.6) is 5.75 Å². The number of hydrogen-bond donors (Lipinski definition) is 2. The van der Waals surface area contributed by atoms with E-state index in [1.54, 1.807) is 25.3 Å². The van der Waals surface area contributed by atoms with Crippen molar-refractivity contribution in [3.8, 4) is 5.75 Å². The van der Waals surface area contributed by atoms with E-state index in [1.165, 1.54) is 36.1 Å². The van der Waals surface area contributed by atoms with Gasteiger partial charge in [-0.05, 0) is 37.1 Å². The average Bonchev–Trinajstić information content (AvgIpc) is 3.42. The van der Waals surface area contributed by atoms with Gasteiger partial charge in [-0.3, -0.25) is 14.5 Å². The van der Waals surface area contributed by atoms with E-state index in [0.717, 1.165) is 21.1 Å². The third kappa shape index (κ3) is 5.50. The minimum Gasteiger partial charge on any atom is -0.496 e. The Hall–Kier alpha value is -2.40. The molecule has 0 saturated carbocycles. The summed E-state index contributed by atoms with van der Waals surface area (Å²) in [6, 6.07) is 3.70. The Morgan fingerprint density at radius 1 is 1.50 bits per heavy atom. The fraction of sp³-hybridized carbons (Fsp3) is 0.409. The molecule has 0 spiro atoms.